The van der Waals surface area contributed by atoms with Crippen molar-refractivity contribution in [3.63, 3.8) is 0 Å². The Morgan fingerprint density at radius 2 is 1.96 bits per heavy atom. The molecule has 0 bridgehead atoms. The summed E-state index contributed by atoms with van der Waals surface area (Å²) >= 11 is 1.76. The van der Waals surface area contributed by atoms with Gasteiger partial charge in [0.1, 0.15) is 5.75 Å². The molecule has 0 N–H and O–H groups in total. The number of ether oxygens (including phenoxy) is 1. The Labute approximate surface area is 146 Å². The highest BCUT2D eigenvalue weighted by atomic mass is 32.2. The number of pyridine rings is 1. The van der Waals surface area contributed by atoms with Gasteiger partial charge < -0.3 is 4.74 Å². The standard InChI is InChI=1S/C20H19NO2S/c1-15(24-14-16-6-3-2-4-7-16)12-20(22)23-18-9-10-19-17(13-18)8-5-11-21-19/h2-11,13,15H,12,14H2,1H3/t15-/m0/s1. The maximum absolute atomic E-state index is 12.1. The quantitative estimate of drug-likeness (QED) is 0.476. The van der Waals surface area contributed by atoms with E-state index in [4.69, 9.17) is 4.74 Å². The van der Waals surface area contributed by atoms with E-state index in [1.165, 1.54) is 5.56 Å². The van der Waals surface area contributed by atoms with E-state index >= 15 is 0 Å². The Kier molecular flexibility index (Phi) is 5.49. The summed E-state index contributed by atoms with van der Waals surface area (Å²) in [6, 6.07) is 19.6. The van der Waals surface area contributed by atoms with Gasteiger partial charge in [0, 0.05) is 22.6 Å². The van der Waals surface area contributed by atoms with Gasteiger partial charge in [-0.1, -0.05) is 43.3 Å². The lowest BCUT2D eigenvalue weighted by Crippen LogP contribution is -2.13. The van der Waals surface area contributed by atoms with E-state index in [2.05, 4.69) is 24.0 Å². The monoisotopic (exact) mass is 337 g/mol. The number of carbonyl (C=O) groups is 1. The van der Waals surface area contributed by atoms with Crippen LogP contribution in [0.5, 0.6) is 5.75 Å². The molecule has 0 saturated heterocycles. The molecule has 0 radical (unpaired) electrons. The summed E-state index contributed by atoms with van der Waals surface area (Å²) in [5.74, 6) is 1.27. The molecule has 1 atom stereocenters. The average Bonchev–Trinajstić information content (AvgIpc) is 2.60. The van der Waals surface area contributed by atoms with Crippen LogP contribution in [0.1, 0.15) is 18.9 Å². The van der Waals surface area contributed by atoms with Crippen LogP contribution >= 0.6 is 11.8 Å². The summed E-state index contributed by atoms with van der Waals surface area (Å²) in [5.41, 5.74) is 2.16. The molecular formula is C20H19NO2S. The zero-order chi connectivity index (χ0) is 16.8. The minimum absolute atomic E-state index is 0.202. The van der Waals surface area contributed by atoms with Crippen molar-refractivity contribution in [3.05, 3.63) is 72.4 Å². The van der Waals surface area contributed by atoms with E-state index in [-0.39, 0.29) is 11.2 Å². The van der Waals surface area contributed by atoms with Gasteiger partial charge in [-0.25, -0.2) is 0 Å². The number of aromatic nitrogens is 1. The van der Waals surface area contributed by atoms with Crippen molar-refractivity contribution in [2.24, 2.45) is 0 Å². The largest absolute Gasteiger partial charge is 0.426 e. The van der Waals surface area contributed by atoms with Gasteiger partial charge in [-0.15, -0.1) is 0 Å². The van der Waals surface area contributed by atoms with Gasteiger partial charge in [-0.2, -0.15) is 11.8 Å². The summed E-state index contributed by atoms with van der Waals surface area (Å²) in [6.45, 7) is 2.05. The van der Waals surface area contributed by atoms with Gasteiger partial charge in [0.25, 0.3) is 0 Å². The van der Waals surface area contributed by atoms with E-state index in [9.17, 15) is 4.79 Å². The summed E-state index contributed by atoms with van der Waals surface area (Å²) in [6.07, 6.45) is 2.14. The second-order valence-corrected chi connectivity index (χ2v) is 7.07. The zero-order valence-electron chi connectivity index (χ0n) is 13.5. The average molecular weight is 337 g/mol. The minimum atomic E-state index is -0.202. The van der Waals surface area contributed by atoms with Crippen molar-refractivity contribution < 1.29 is 9.53 Å². The number of esters is 1. The third kappa shape index (κ3) is 4.59. The highest BCUT2D eigenvalue weighted by Gasteiger charge is 2.12. The Hall–Kier alpha value is -2.33. The molecule has 24 heavy (non-hydrogen) atoms. The molecule has 0 aliphatic carbocycles. The fourth-order valence-electron chi connectivity index (χ4n) is 2.40. The van der Waals surface area contributed by atoms with Gasteiger partial charge in [-0.05, 0) is 29.8 Å². The Morgan fingerprint density at radius 1 is 1.12 bits per heavy atom. The predicted molar refractivity (Wildman–Crippen MR) is 99.2 cm³/mol. The molecule has 0 aliphatic heterocycles. The van der Waals surface area contributed by atoms with Crippen molar-refractivity contribution in [1.82, 2.24) is 4.98 Å². The first-order valence-corrected chi connectivity index (χ1v) is 8.96. The third-order valence-corrected chi connectivity index (χ3v) is 4.87. The molecule has 0 spiro atoms. The molecule has 0 fully saturated rings. The van der Waals surface area contributed by atoms with Crippen LogP contribution in [0.2, 0.25) is 0 Å². The van der Waals surface area contributed by atoms with Crippen LogP contribution in [0.15, 0.2) is 66.9 Å². The van der Waals surface area contributed by atoms with Crippen LogP contribution < -0.4 is 4.74 Å². The van der Waals surface area contributed by atoms with Crippen molar-refractivity contribution in [2.75, 3.05) is 0 Å². The number of fused-ring (bicyclic) bond motifs is 1. The fourth-order valence-corrected chi connectivity index (χ4v) is 3.32. The number of hydrogen-bond donors (Lipinski definition) is 0. The molecule has 3 nitrogen and oxygen atoms in total. The lowest BCUT2D eigenvalue weighted by Gasteiger charge is -2.11. The number of rotatable bonds is 6. The highest BCUT2D eigenvalue weighted by molar-refractivity contribution is 7.99. The summed E-state index contributed by atoms with van der Waals surface area (Å²) in [5, 5.41) is 1.18. The molecule has 122 valence electrons. The molecule has 1 aromatic heterocycles. The Balaban J connectivity index is 1.52. The summed E-state index contributed by atoms with van der Waals surface area (Å²) < 4.78 is 5.47. The molecule has 2 aromatic carbocycles. The predicted octanol–water partition coefficient (Wildman–Crippen LogP) is 4.85. The second-order valence-electron chi connectivity index (χ2n) is 5.64. The highest BCUT2D eigenvalue weighted by Crippen LogP contribution is 2.22. The van der Waals surface area contributed by atoms with Gasteiger partial charge in [0.05, 0.1) is 11.9 Å². The molecule has 4 heteroatoms. The topological polar surface area (TPSA) is 39.2 Å². The first-order chi connectivity index (χ1) is 11.7. The molecule has 0 amide bonds. The molecule has 0 unspecified atom stereocenters. The van der Waals surface area contributed by atoms with Crippen LogP contribution in [-0.2, 0) is 10.5 Å². The zero-order valence-corrected chi connectivity index (χ0v) is 14.3. The second kappa shape index (κ2) is 7.97. The van der Waals surface area contributed by atoms with E-state index < -0.39 is 0 Å². The number of nitrogens with zero attached hydrogens (tertiary/aromatic N) is 1. The molecule has 3 aromatic rings. The number of benzene rings is 2. The van der Waals surface area contributed by atoms with Crippen LogP contribution in [0.25, 0.3) is 10.9 Å². The lowest BCUT2D eigenvalue weighted by molar-refractivity contribution is -0.134. The summed E-state index contributed by atoms with van der Waals surface area (Å²) in [4.78, 5) is 16.4. The van der Waals surface area contributed by atoms with Crippen molar-refractivity contribution in [3.8, 4) is 5.75 Å². The van der Waals surface area contributed by atoms with Crippen LogP contribution in [0.4, 0.5) is 0 Å². The molecule has 0 saturated carbocycles. The van der Waals surface area contributed by atoms with E-state index in [0.717, 1.165) is 16.7 Å². The molecule has 0 aliphatic rings. The Morgan fingerprint density at radius 3 is 2.79 bits per heavy atom. The fraction of sp³-hybridized carbons (Fsp3) is 0.200. The van der Waals surface area contributed by atoms with Gasteiger partial charge in [0.15, 0.2) is 0 Å². The Bertz CT molecular complexity index is 820. The maximum Gasteiger partial charge on any atom is 0.312 e. The van der Waals surface area contributed by atoms with E-state index in [1.54, 1.807) is 24.0 Å². The normalized spacial score (nSPS) is 12.0. The lowest BCUT2D eigenvalue weighted by atomic mass is 10.2. The number of carbonyl (C=O) groups excluding carboxylic acids is 1. The van der Waals surface area contributed by atoms with Crippen LogP contribution in [-0.4, -0.2) is 16.2 Å². The smallest absolute Gasteiger partial charge is 0.312 e. The van der Waals surface area contributed by atoms with Gasteiger partial charge >= 0.3 is 5.97 Å². The van der Waals surface area contributed by atoms with Crippen LogP contribution in [0, 0.1) is 0 Å². The summed E-state index contributed by atoms with van der Waals surface area (Å²) in [7, 11) is 0. The first-order valence-electron chi connectivity index (χ1n) is 7.92. The van der Waals surface area contributed by atoms with Gasteiger partial charge in [-0.3, -0.25) is 9.78 Å². The van der Waals surface area contributed by atoms with Gasteiger partial charge in [0.2, 0.25) is 0 Å². The molecule has 1 heterocycles. The minimum Gasteiger partial charge on any atom is -0.426 e. The number of hydrogen-bond acceptors (Lipinski definition) is 4. The third-order valence-electron chi connectivity index (χ3n) is 3.64. The molecular weight excluding hydrogens is 318 g/mol. The SMILES string of the molecule is C[C@@H](CC(=O)Oc1ccc2ncccc2c1)SCc1ccccc1. The van der Waals surface area contributed by atoms with Crippen molar-refractivity contribution in [2.45, 2.75) is 24.3 Å². The van der Waals surface area contributed by atoms with E-state index in [0.29, 0.717) is 12.2 Å². The first kappa shape index (κ1) is 16.5. The number of thioether (sulfide) groups is 1. The maximum atomic E-state index is 12.1. The van der Waals surface area contributed by atoms with Crippen LogP contribution in [0.3, 0.4) is 0 Å². The van der Waals surface area contributed by atoms with Crippen molar-refractivity contribution in [1.29, 1.82) is 0 Å². The van der Waals surface area contributed by atoms with Crippen molar-refractivity contribution >= 4 is 28.6 Å². The van der Waals surface area contributed by atoms with E-state index in [1.807, 2.05) is 42.5 Å². The molecule has 3 rings (SSSR count).